The third kappa shape index (κ3) is 1.78. The van der Waals surface area contributed by atoms with Crippen LogP contribution in [-0.4, -0.2) is 5.78 Å². The fourth-order valence-electron chi connectivity index (χ4n) is 5.59. The molecule has 0 heterocycles. The van der Waals surface area contributed by atoms with Gasteiger partial charge in [-0.1, -0.05) is 37.3 Å². The van der Waals surface area contributed by atoms with E-state index in [9.17, 15) is 4.79 Å². The minimum atomic E-state index is -0.0245. The number of hydrogen-bond donors (Lipinski definition) is 0. The summed E-state index contributed by atoms with van der Waals surface area (Å²) >= 11 is 0. The molecule has 4 bridgehead atoms. The summed E-state index contributed by atoms with van der Waals surface area (Å²) in [5, 5.41) is 0. The van der Waals surface area contributed by atoms with Crippen molar-refractivity contribution < 1.29 is 4.79 Å². The van der Waals surface area contributed by atoms with Crippen LogP contribution in [-0.2, 0) is 11.2 Å². The van der Waals surface area contributed by atoms with Crippen molar-refractivity contribution in [3.8, 4) is 0 Å². The number of benzene rings is 1. The lowest BCUT2D eigenvalue weighted by Gasteiger charge is -2.59. The normalized spacial score (nSPS) is 41.9. The second kappa shape index (κ2) is 4.44. The molecule has 0 spiro atoms. The Labute approximate surface area is 121 Å². The van der Waals surface area contributed by atoms with E-state index < -0.39 is 0 Å². The van der Waals surface area contributed by atoms with Crippen LogP contribution >= 0.6 is 0 Å². The molecule has 4 aliphatic carbocycles. The molecule has 0 saturated heterocycles. The minimum absolute atomic E-state index is 0.0245. The van der Waals surface area contributed by atoms with E-state index >= 15 is 0 Å². The van der Waals surface area contributed by atoms with Gasteiger partial charge in [0.15, 0.2) is 0 Å². The molecule has 106 valence electrons. The van der Waals surface area contributed by atoms with E-state index in [0.29, 0.717) is 24.0 Å². The molecule has 0 aliphatic heterocycles. The first-order valence-corrected chi connectivity index (χ1v) is 8.23. The summed E-state index contributed by atoms with van der Waals surface area (Å²) in [6.07, 6.45) is 7.39. The van der Waals surface area contributed by atoms with E-state index in [1.165, 1.54) is 37.7 Å². The van der Waals surface area contributed by atoms with Gasteiger partial charge in [0, 0.05) is 11.8 Å². The molecule has 4 fully saturated rings. The highest BCUT2D eigenvalue weighted by atomic mass is 16.1. The first-order chi connectivity index (χ1) is 9.66. The van der Waals surface area contributed by atoms with Crippen LogP contribution in [0.5, 0.6) is 0 Å². The molecule has 0 unspecified atom stereocenters. The van der Waals surface area contributed by atoms with E-state index in [1.807, 2.05) is 18.2 Å². The Bertz CT molecular complexity index is 488. The Morgan fingerprint density at radius 3 is 2.10 bits per heavy atom. The van der Waals surface area contributed by atoms with Crippen molar-refractivity contribution in [2.75, 3.05) is 0 Å². The van der Waals surface area contributed by atoms with Gasteiger partial charge in [0.25, 0.3) is 0 Å². The van der Waals surface area contributed by atoms with E-state index in [2.05, 4.69) is 19.1 Å². The summed E-state index contributed by atoms with van der Waals surface area (Å²) in [5.41, 5.74) is 1.16. The summed E-state index contributed by atoms with van der Waals surface area (Å²) < 4.78 is 0. The Balaban J connectivity index is 1.59. The summed E-state index contributed by atoms with van der Waals surface area (Å²) in [6, 6.07) is 10.3. The van der Waals surface area contributed by atoms with Gasteiger partial charge in [-0.05, 0) is 61.3 Å². The number of hydrogen-bond acceptors (Lipinski definition) is 1. The van der Waals surface area contributed by atoms with Gasteiger partial charge in [-0.15, -0.1) is 0 Å². The van der Waals surface area contributed by atoms with E-state index in [4.69, 9.17) is 0 Å². The molecule has 5 rings (SSSR count). The molecular weight excluding hydrogens is 244 g/mol. The molecule has 0 amide bonds. The molecule has 1 aromatic rings. The van der Waals surface area contributed by atoms with Crippen molar-refractivity contribution in [3.05, 3.63) is 35.9 Å². The van der Waals surface area contributed by atoms with Crippen LogP contribution in [0.2, 0.25) is 0 Å². The van der Waals surface area contributed by atoms with Crippen molar-refractivity contribution in [3.63, 3.8) is 0 Å². The third-order valence-electron chi connectivity index (χ3n) is 6.64. The molecule has 1 heteroatoms. The van der Waals surface area contributed by atoms with Gasteiger partial charge in [0.1, 0.15) is 5.78 Å². The highest BCUT2D eigenvalue weighted by Gasteiger charge is 2.57. The summed E-state index contributed by atoms with van der Waals surface area (Å²) in [6.45, 7) is 2.30. The predicted molar refractivity (Wildman–Crippen MR) is 80.3 cm³/mol. The number of Topliss-reactive ketones (excluding diaryl/α,β-unsaturated/α-hetero) is 1. The zero-order valence-electron chi connectivity index (χ0n) is 12.3. The van der Waals surface area contributed by atoms with Gasteiger partial charge in [-0.25, -0.2) is 0 Å². The maximum atomic E-state index is 13.0. The fourth-order valence-corrected chi connectivity index (χ4v) is 5.59. The standard InChI is InChI=1S/C19H24O/c1-19(18(20)12-13-5-3-2-4-6-13)16-8-14-7-15(10-16)11-17(19)9-14/h2-6,14-17H,7-12H2,1H3. The molecule has 0 atom stereocenters. The summed E-state index contributed by atoms with van der Waals surface area (Å²) in [4.78, 5) is 13.0. The summed E-state index contributed by atoms with van der Waals surface area (Å²) in [5.74, 6) is 3.74. The first kappa shape index (κ1) is 12.6. The second-order valence-electron chi connectivity index (χ2n) is 7.67. The molecule has 20 heavy (non-hydrogen) atoms. The molecule has 1 nitrogen and oxygen atoms in total. The molecule has 4 saturated carbocycles. The van der Waals surface area contributed by atoms with Crippen LogP contribution in [0.3, 0.4) is 0 Å². The summed E-state index contributed by atoms with van der Waals surface area (Å²) in [7, 11) is 0. The van der Waals surface area contributed by atoms with Crippen LogP contribution in [0, 0.1) is 29.1 Å². The van der Waals surface area contributed by atoms with Crippen LogP contribution < -0.4 is 0 Å². The minimum Gasteiger partial charge on any atom is -0.299 e. The van der Waals surface area contributed by atoms with Crippen molar-refractivity contribution >= 4 is 5.78 Å². The quantitative estimate of drug-likeness (QED) is 0.800. The third-order valence-corrected chi connectivity index (χ3v) is 6.64. The lowest BCUT2D eigenvalue weighted by Crippen LogP contribution is -2.55. The highest BCUT2D eigenvalue weighted by Crippen LogP contribution is 2.62. The average molecular weight is 268 g/mol. The predicted octanol–water partition coefficient (Wildman–Crippen LogP) is 4.26. The van der Waals surface area contributed by atoms with Gasteiger partial charge in [-0.3, -0.25) is 4.79 Å². The van der Waals surface area contributed by atoms with E-state index in [1.54, 1.807) is 0 Å². The molecule has 0 N–H and O–H groups in total. The van der Waals surface area contributed by atoms with Gasteiger partial charge in [0.2, 0.25) is 0 Å². The van der Waals surface area contributed by atoms with Crippen LogP contribution in [0.15, 0.2) is 30.3 Å². The van der Waals surface area contributed by atoms with Crippen molar-refractivity contribution in [1.29, 1.82) is 0 Å². The molecule has 0 aromatic heterocycles. The van der Waals surface area contributed by atoms with Gasteiger partial charge >= 0.3 is 0 Å². The monoisotopic (exact) mass is 268 g/mol. The smallest absolute Gasteiger partial charge is 0.143 e. The van der Waals surface area contributed by atoms with Crippen LogP contribution in [0.25, 0.3) is 0 Å². The molecule has 4 aliphatic rings. The van der Waals surface area contributed by atoms with Gasteiger partial charge < -0.3 is 0 Å². The topological polar surface area (TPSA) is 17.1 Å². The number of carbonyl (C=O) groups excluding carboxylic acids is 1. The Morgan fingerprint density at radius 2 is 1.55 bits per heavy atom. The van der Waals surface area contributed by atoms with Crippen LogP contribution in [0.4, 0.5) is 0 Å². The molecular formula is C19H24O. The SMILES string of the molecule is CC1(C(=O)Cc2ccccc2)C2CC3CC(C2)CC1C3. The van der Waals surface area contributed by atoms with Crippen molar-refractivity contribution in [2.45, 2.75) is 45.4 Å². The second-order valence-corrected chi connectivity index (χ2v) is 7.67. The van der Waals surface area contributed by atoms with Crippen molar-refractivity contribution in [2.24, 2.45) is 29.1 Å². The number of ketones is 1. The molecule has 0 radical (unpaired) electrons. The lowest BCUT2D eigenvalue weighted by atomic mass is 9.44. The maximum Gasteiger partial charge on any atom is 0.143 e. The molecule has 1 aromatic carbocycles. The largest absolute Gasteiger partial charge is 0.299 e. The lowest BCUT2D eigenvalue weighted by molar-refractivity contribution is -0.152. The number of rotatable bonds is 3. The Kier molecular flexibility index (Phi) is 2.80. The van der Waals surface area contributed by atoms with Gasteiger partial charge in [-0.2, -0.15) is 0 Å². The Morgan fingerprint density at radius 1 is 1.00 bits per heavy atom. The van der Waals surface area contributed by atoms with Crippen molar-refractivity contribution in [1.82, 2.24) is 0 Å². The fraction of sp³-hybridized carbons (Fsp3) is 0.632. The zero-order chi connectivity index (χ0) is 13.7. The highest BCUT2D eigenvalue weighted by molar-refractivity contribution is 5.87. The Hall–Kier alpha value is -1.11. The zero-order valence-corrected chi connectivity index (χ0v) is 12.3. The maximum absolute atomic E-state index is 13.0. The van der Waals surface area contributed by atoms with E-state index in [0.717, 1.165) is 11.8 Å². The number of carbonyl (C=O) groups is 1. The first-order valence-electron chi connectivity index (χ1n) is 8.23. The van der Waals surface area contributed by atoms with Gasteiger partial charge in [0.05, 0.1) is 0 Å². The van der Waals surface area contributed by atoms with Crippen LogP contribution in [0.1, 0.15) is 44.6 Å². The van der Waals surface area contributed by atoms with E-state index in [-0.39, 0.29) is 5.41 Å². The average Bonchev–Trinajstić information content (AvgIpc) is 2.44.